The van der Waals surface area contributed by atoms with Gasteiger partial charge in [-0.25, -0.2) is 0 Å². The van der Waals surface area contributed by atoms with Crippen LogP contribution in [0.15, 0.2) is 0 Å². The first-order chi connectivity index (χ1) is 8.19. The van der Waals surface area contributed by atoms with Gasteiger partial charge in [0.1, 0.15) is 0 Å². The molecule has 1 saturated carbocycles. The van der Waals surface area contributed by atoms with Gasteiger partial charge in [-0.15, -0.1) is 0 Å². The molecule has 1 spiro atoms. The molecule has 3 nitrogen and oxygen atoms in total. The molecule has 3 unspecified atom stereocenters. The molecule has 0 amide bonds. The normalized spacial score (nSPS) is 39.2. The van der Waals surface area contributed by atoms with Crippen molar-refractivity contribution in [3.05, 3.63) is 0 Å². The standard InChI is InChI=1S/C14H26N2O/c1-11(15)12-3-7-16(10-12)13-4-8-17-14(9-13)5-2-6-14/h11-13H,2-10,15H2,1H3. The van der Waals surface area contributed by atoms with E-state index in [9.17, 15) is 0 Å². The minimum Gasteiger partial charge on any atom is -0.375 e. The molecule has 0 aromatic carbocycles. The SMILES string of the molecule is CC(N)C1CCN(C2CCOC3(CCC3)C2)C1. The molecule has 2 saturated heterocycles. The molecule has 2 aliphatic heterocycles. The Balaban J connectivity index is 1.58. The van der Waals surface area contributed by atoms with Gasteiger partial charge < -0.3 is 10.5 Å². The lowest BCUT2D eigenvalue weighted by Gasteiger charge is -2.49. The smallest absolute Gasteiger partial charge is 0.0697 e. The maximum Gasteiger partial charge on any atom is 0.0697 e. The van der Waals surface area contributed by atoms with E-state index in [0.717, 1.165) is 18.6 Å². The Labute approximate surface area is 105 Å². The lowest BCUT2D eigenvalue weighted by molar-refractivity contribution is -0.147. The van der Waals surface area contributed by atoms with Gasteiger partial charge in [-0.3, -0.25) is 4.90 Å². The lowest BCUT2D eigenvalue weighted by atomic mass is 9.73. The van der Waals surface area contributed by atoms with Crippen LogP contribution in [0, 0.1) is 5.92 Å². The summed E-state index contributed by atoms with van der Waals surface area (Å²) in [5.74, 6) is 0.718. The summed E-state index contributed by atoms with van der Waals surface area (Å²) in [6.07, 6.45) is 7.77. The molecule has 3 aliphatic rings. The van der Waals surface area contributed by atoms with Gasteiger partial charge in [0.05, 0.1) is 5.60 Å². The average Bonchev–Trinajstić information content (AvgIpc) is 2.76. The third-order valence-corrected chi connectivity index (χ3v) is 5.25. The van der Waals surface area contributed by atoms with E-state index in [1.54, 1.807) is 0 Å². The van der Waals surface area contributed by atoms with Crippen molar-refractivity contribution in [2.45, 2.75) is 63.1 Å². The maximum absolute atomic E-state index is 6.03. The maximum atomic E-state index is 6.03. The van der Waals surface area contributed by atoms with Gasteiger partial charge in [0.15, 0.2) is 0 Å². The summed E-state index contributed by atoms with van der Waals surface area (Å²) in [6, 6.07) is 1.13. The predicted molar refractivity (Wildman–Crippen MR) is 68.9 cm³/mol. The second-order valence-electron chi connectivity index (χ2n) is 6.43. The number of nitrogens with two attached hydrogens (primary N) is 1. The van der Waals surface area contributed by atoms with Crippen LogP contribution in [0.4, 0.5) is 0 Å². The van der Waals surface area contributed by atoms with Crippen molar-refractivity contribution in [3.63, 3.8) is 0 Å². The summed E-state index contributed by atoms with van der Waals surface area (Å²) < 4.78 is 6.01. The minimum absolute atomic E-state index is 0.287. The highest BCUT2D eigenvalue weighted by Gasteiger charge is 2.44. The van der Waals surface area contributed by atoms with E-state index in [1.165, 1.54) is 51.6 Å². The van der Waals surface area contributed by atoms with E-state index in [1.807, 2.05) is 0 Å². The van der Waals surface area contributed by atoms with Gasteiger partial charge in [0, 0.05) is 25.2 Å². The summed E-state index contributed by atoms with van der Waals surface area (Å²) >= 11 is 0. The van der Waals surface area contributed by atoms with Crippen LogP contribution in [-0.2, 0) is 4.74 Å². The monoisotopic (exact) mass is 238 g/mol. The molecule has 3 heteroatoms. The van der Waals surface area contributed by atoms with E-state index >= 15 is 0 Å². The second-order valence-corrected chi connectivity index (χ2v) is 6.43. The summed E-state index contributed by atoms with van der Waals surface area (Å²) in [6.45, 7) is 5.61. The van der Waals surface area contributed by atoms with Crippen LogP contribution < -0.4 is 5.73 Å². The minimum atomic E-state index is 0.287. The first kappa shape index (κ1) is 11.9. The fourth-order valence-electron chi connectivity index (χ4n) is 3.81. The van der Waals surface area contributed by atoms with Crippen molar-refractivity contribution >= 4 is 0 Å². The topological polar surface area (TPSA) is 38.5 Å². The van der Waals surface area contributed by atoms with Gasteiger partial charge in [0.2, 0.25) is 0 Å². The summed E-state index contributed by atoms with van der Waals surface area (Å²) in [5, 5.41) is 0. The van der Waals surface area contributed by atoms with E-state index in [4.69, 9.17) is 10.5 Å². The van der Waals surface area contributed by atoms with Crippen molar-refractivity contribution in [1.29, 1.82) is 0 Å². The zero-order valence-corrected chi connectivity index (χ0v) is 11.0. The fraction of sp³-hybridized carbons (Fsp3) is 1.00. The van der Waals surface area contributed by atoms with Crippen LogP contribution in [0.5, 0.6) is 0 Å². The van der Waals surface area contributed by atoms with Gasteiger partial charge in [-0.1, -0.05) is 0 Å². The number of hydrogen-bond donors (Lipinski definition) is 1. The van der Waals surface area contributed by atoms with Gasteiger partial charge in [-0.2, -0.15) is 0 Å². The van der Waals surface area contributed by atoms with E-state index < -0.39 is 0 Å². The van der Waals surface area contributed by atoms with Crippen LogP contribution in [-0.4, -0.2) is 42.3 Å². The van der Waals surface area contributed by atoms with E-state index in [2.05, 4.69) is 11.8 Å². The zero-order valence-electron chi connectivity index (χ0n) is 11.0. The Morgan fingerprint density at radius 1 is 1.35 bits per heavy atom. The molecular formula is C14H26N2O. The highest BCUT2D eigenvalue weighted by atomic mass is 16.5. The number of nitrogens with zero attached hydrogens (tertiary/aromatic N) is 1. The number of likely N-dealkylation sites (tertiary alicyclic amines) is 1. The number of rotatable bonds is 2. The Morgan fingerprint density at radius 3 is 2.76 bits per heavy atom. The van der Waals surface area contributed by atoms with Gasteiger partial charge in [0.25, 0.3) is 0 Å². The molecule has 98 valence electrons. The average molecular weight is 238 g/mol. The molecule has 3 atom stereocenters. The largest absolute Gasteiger partial charge is 0.375 e. The van der Waals surface area contributed by atoms with Crippen LogP contribution in [0.25, 0.3) is 0 Å². The van der Waals surface area contributed by atoms with Crippen molar-refractivity contribution in [3.8, 4) is 0 Å². The Morgan fingerprint density at radius 2 is 2.18 bits per heavy atom. The van der Waals surface area contributed by atoms with Crippen molar-refractivity contribution in [1.82, 2.24) is 4.90 Å². The fourth-order valence-corrected chi connectivity index (χ4v) is 3.81. The summed E-state index contributed by atoms with van der Waals surface area (Å²) in [4.78, 5) is 2.69. The van der Waals surface area contributed by atoms with Crippen LogP contribution in [0.3, 0.4) is 0 Å². The third-order valence-electron chi connectivity index (χ3n) is 5.25. The molecule has 3 fully saturated rings. The van der Waals surface area contributed by atoms with E-state index in [-0.39, 0.29) is 5.60 Å². The molecule has 1 aliphatic carbocycles. The Kier molecular flexibility index (Phi) is 3.18. The molecule has 2 N–H and O–H groups in total. The van der Waals surface area contributed by atoms with Gasteiger partial charge >= 0.3 is 0 Å². The van der Waals surface area contributed by atoms with Crippen LogP contribution in [0.1, 0.15) is 45.4 Å². The predicted octanol–water partition coefficient (Wildman–Crippen LogP) is 1.76. The second kappa shape index (κ2) is 4.52. The van der Waals surface area contributed by atoms with Gasteiger partial charge in [-0.05, 0) is 57.9 Å². The van der Waals surface area contributed by atoms with Crippen molar-refractivity contribution in [2.75, 3.05) is 19.7 Å². The molecular weight excluding hydrogens is 212 g/mol. The molecule has 17 heavy (non-hydrogen) atoms. The summed E-state index contributed by atoms with van der Waals surface area (Å²) in [5.41, 5.74) is 6.32. The molecule has 0 aromatic heterocycles. The molecule has 0 radical (unpaired) electrons. The molecule has 3 rings (SSSR count). The summed E-state index contributed by atoms with van der Waals surface area (Å²) in [7, 11) is 0. The van der Waals surface area contributed by atoms with Crippen molar-refractivity contribution < 1.29 is 4.74 Å². The molecule has 0 aromatic rings. The molecule has 0 bridgehead atoms. The van der Waals surface area contributed by atoms with Crippen LogP contribution in [0.2, 0.25) is 0 Å². The molecule has 2 heterocycles. The highest BCUT2D eigenvalue weighted by molar-refractivity contribution is 4.98. The first-order valence-electron chi connectivity index (χ1n) is 7.32. The zero-order chi connectivity index (χ0) is 11.9. The first-order valence-corrected chi connectivity index (χ1v) is 7.32. The lowest BCUT2D eigenvalue weighted by Crippen LogP contribution is -2.51. The number of hydrogen-bond acceptors (Lipinski definition) is 3. The Hall–Kier alpha value is -0.120. The Bertz CT molecular complexity index is 275. The van der Waals surface area contributed by atoms with Crippen LogP contribution >= 0.6 is 0 Å². The third kappa shape index (κ3) is 2.25. The highest BCUT2D eigenvalue weighted by Crippen LogP contribution is 2.44. The number of ether oxygens (including phenoxy) is 1. The quantitative estimate of drug-likeness (QED) is 0.796. The van der Waals surface area contributed by atoms with E-state index in [0.29, 0.717) is 6.04 Å². The van der Waals surface area contributed by atoms with Crippen molar-refractivity contribution in [2.24, 2.45) is 11.7 Å².